The zero-order valence-electron chi connectivity index (χ0n) is 11.5. The molecule has 1 aliphatic heterocycles. The molecular formula is C13H25N3O2. The number of nitrogens with zero attached hydrogens (tertiary/aromatic N) is 2. The number of guanidine groups is 1. The Hall–Kier alpha value is -0.810. The standard InChI is InChI=1S/C13H25N3O2/c1-11-9-16(7-8-18-11)12(14)15-10-13(17-2)5-3-4-6-13/h11H,3-10H2,1-2H3,(H2,14,15). The van der Waals surface area contributed by atoms with Crippen molar-refractivity contribution in [3.05, 3.63) is 0 Å². The molecule has 2 rings (SSSR count). The van der Waals surface area contributed by atoms with Crippen molar-refractivity contribution in [3.8, 4) is 0 Å². The van der Waals surface area contributed by atoms with Gasteiger partial charge in [-0.2, -0.15) is 0 Å². The summed E-state index contributed by atoms with van der Waals surface area (Å²) in [6.45, 7) is 5.13. The van der Waals surface area contributed by atoms with Crippen molar-refractivity contribution in [2.75, 3.05) is 33.4 Å². The van der Waals surface area contributed by atoms with Crippen molar-refractivity contribution in [1.82, 2.24) is 4.90 Å². The highest BCUT2D eigenvalue weighted by atomic mass is 16.5. The molecular weight excluding hydrogens is 230 g/mol. The topological polar surface area (TPSA) is 60.1 Å². The van der Waals surface area contributed by atoms with Gasteiger partial charge in [0.25, 0.3) is 0 Å². The van der Waals surface area contributed by atoms with E-state index in [4.69, 9.17) is 15.2 Å². The average molecular weight is 255 g/mol. The van der Waals surface area contributed by atoms with E-state index in [2.05, 4.69) is 16.8 Å². The van der Waals surface area contributed by atoms with Gasteiger partial charge in [-0.05, 0) is 19.8 Å². The lowest BCUT2D eigenvalue weighted by Crippen LogP contribution is -2.48. The summed E-state index contributed by atoms with van der Waals surface area (Å²) in [7, 11) is 1.79. The molecule has 0 aromatic carbocycles. The van der Waals surface area contributed by atoms with Gasteiger partial charge in [-0.1, -0.05) is 12.8 Å². The Kier molecular flexibility index (Phi) is 4.45. The lowest BCUT2D eigenvalue weighted by atomic mass is 10.0. The van der Waals surface area contributed by atoms with Crippen molar-refractivity contribution >= 4 is 5.96 Å². The molecule has 0 radical (unpaired) electrons. The number of hydrogen-bond donors (Lipinski definition) is 1. The maximum absolute atomic E-state index is 6.07. The van der Waals surface area contributed by atoms with Crippen LogP contribution in [0.3, 0.4) is 0 Å². The third-order valence-electron chi connectivity index (χ3n) is 4.04. The fourth-order valence-electron chi connectivity index (χ4n) is 2.80. The summed E-state index contributed by atoms with van der Waals surface area (Å²) in [5, 5.41) is 0. The maximum atomic E-state index is 6.07. The van der Waals surface area contributed by atoms with Gasteiger partial charge in [-0.15, -0.1) is 0 Å². The Morgan fingerprint density at radius 3 is 2.83 bits per heavy atom. The summed E-state index contributed by atoms with van der Waals surface area (Å²) in [6.07, 6.45) is 4.89. The van der Waals surface area contributed by atoms with Crippen LogP contribution in [0.15, 0.2) is 4.99 Å². The third kappa shape index (κ3) is 3.14. The van der Waals surface area contributed by atoms with Crippen LogP contribution < -0.4 is 5.73 Å². The van der Waals surface area contributed by atoms with E-state index < -0.39 is 0 Å². The number of hydrogen-bond acceptors (Lipinski definition) is 3. The number of ether oxygens (including phenoxy) is 2. The summed E-state index contributed by atoms with van der Waals surface area (Å²) in [5.74, 6) is 0.633. The molecule has 1 aliphatic carbocycles. The Morgan fingerprint density at radius 1 is 1.50 bits per heavy atom. The summed E-state index contributed by atoms with van der Waals surface area (Å²) in [6, 6.07) is 0. The average Bonchev–Trinajstić information content (AvgIpc) is 2.85. The Bertz CT molecular complexity index is 301. The largest absolute Gasteiger partial charge is 0.376 e. The third-order valence-corrected chi connectivity index (χ3v) is 4.04. The van der Waals surface area contributed by atoms with Gasteiger partial charge in [-0.25, -0.2) is 0 Å². The van der Waals surface area contributed by atoms with Gasteiger partial charge >= 0.3 is 0 Å². The van der Waals surface area contributed by atoms with E-state index in [1.54, 1.807) is 7.11 Å². The quantitative estimate of drug-likeness (QED) is 0.603. The summed E-state index contributed by atoms with van der Waals surface area (Å²) < 4.78 is 11.2. The zero-order chi connectivity index (χ0) is 13.0. The van der Waals surface area contributed by atoms with Gasteiger partial charge in [0.1, 0.15) is 0 Å². The highest BCUT2D eigenvalue weighted by molar-refractivity contribution is 5.78. The summed E-state index contributed by atoms with van der Waals surface area (Å²) in [4.78, 5) is 6.65. The molecule has 1 saturated carbocycles. The molecule has 1 unspecified atom stereocenters. The fourth-order valence-corrected chi connectivity index (χ4v) is 2.80. The molecule has 0 aromatic rings. The van der Waals surface area contributed by atoms with Crippen LogP contribution in [0, 0.1) is 0 Å². The second kappa shape index (κ2) is 5.89. The molecule has 1 atom stereocenters. The molecule has 0 aromatic heterocycles. The van der Waals surface area contributed by atoms with E-state index in [9.17, 15) is 0 Å². The molecule has 0 bridgehead atoms. The van der Waals surface area contributed by atoms with Crippen molar-refractivity contribution in [2.24, 2.45) is 10.7 Å². The van der Waals surface area contributed by atoms with Crippen molar-refractivity contribution in [3.63, 3.8) is 0 Å². The second-order valence-electron chi connectivity index (χ2n) is 5.40. The molecule has 0 amide bonds. The van der Waals surface area contributed by atoms with Crippen LogP contribution in [-0.2, 0) is 9.47 Å². The number of aliphatic imine (C=N–C) groups is 1. The van der Waals surface area contributed by atoms with Gasteiger partial charge in [0.2, 0.25) is 0 Å². The van der Waals surface area contributed by atoms with Gasteiger partial charge in [0.05, 0.1) is 24.9 Å². The SMILES string of the molecule is COC1(CN=C(N)N2CCOC(C)C2)CCCC1. The van der Waals surface area contributed by atoms with E-state index in [1.807, 2.05) is 0 Å². The minimum atomic E-state index is -0.0669. The minimum absolute atomic E-state index is 0.0669. The first-order chi connectivity index (χ1) is 8.65. The molecule has 1 heterocycles. The van der Waals surface area contributed by atoms with Crippen LogP contribution in [0.2, 0.25) is 0 Å². The van der Waals surface area contributed by atoms with E-state index in [1.165, 1.54) is 12.8 Å². The van der Waals surface area contributed by atoms with Crippen molar-refractivity contribution < 1.29 is 9.47 Å². The number of morpholine rings is 1. The number of nitrogens with two attached hydrogens (primary N) is 1. The van der Waals surface area contributed by atoms with Crippen LogP contribution >= 0.6 is 0 Å². The fraction of sp³-hybridized carbons (Fsp3) is 0.923. The zero-order valence-corrected chi connectivity index (χ0v) is 11.5. The Balaban J connectivity index is 1.91. The predicted octanol–water partition coefficient (Wildman–Crippen LogP) is 0.981. The van der Waals surface area contributed by atoms with Gasteiger partial charge in [0, 0.05) is 20.2 Å². The van der Waals surface area contributed by atoms with Gasteiger partial charge in [0.15, 0.2) is 5.96 Å². The normalized spacial score (nSPS) is 28.7. The Labute approximate surface area is 109 Å². The van der Waals surface area contributed by atoms with Crippen LogP contribution in [0.4, 0.5) is 0 Å². The number of rotatable bonds is 3. The first kappa shape index (κ1) is 13.6. The molecule has 5 heteroatoms. The lowest BCUT2D eigenvalue weighted by molar-refractivity contribution is 0.000353. The van der Waals surface area contributed by atoms with E-state index >= 15 is 0 Å². The van der Waals surface area contributed by atoms with Crippen LogP contribution in [0.25, 0.3) is 0 Å². The molecule has 2 N–H and O–H groups in total. The van der Waals surface area contributed by atoms with E-state index in [0.29, 0.717) is 12.5 Å². The second-order valence-corrected chi connectivity index (χ2v) is 5.40. The first-order valence-electron chi connectivity index (χ1n) is 6.87. The summed E-state index contributed by atoms with van der Waals surface area (Å²) >= 11 is 0. The van der Waals surface area contributed by atoms with Gasteiger partial charge < -0.3 is 20.1 Å². The molecule has 0 spiro atoms. The molecule has 5 nitrogen and oxygen atoms in total. The van der Waals surface area contributed by atoms with Crippen molar-refractivity contribution in [1.29, 1.82) is 0 Å². The Morgan fingerprint density at radius 2 is 2.22 bits per heavy atom. The van der Waals surface area contributed by atoms with Crippen LogP contribution in [-0.4, -0.2) is 55.9 Å². The minimum Gasteiger partial charge on any atom is -0.376 e. The van der Waals surface area contributed by atoms with E-state index in [0.717, 1.165) is 32.5 Å². The molecule has 2 fully saturated rings. The van der Waals surface area contributed by atoms with Crippen molar-refractivity contribution in [2.45, 2.75) is 44.3 Å². The lowest BCUT2D eigenvalue weighted by Gasteiger charge is -2.32. The van der Waals surface area contributed by atoms with E-state index in [-0.39, 0.29) is 11.7 Å². The highest BCUT2D eigenvalue weighted by Crippen LogP contribution is 2.32. The summed E-state index contributed by atoms with van der Waals surface area (Å²) in [5.41, 5.74) is 6.00. The molecule has 18 heavy (non-hydrogen) atoms. The predicted molar refractivity (Wildman–Crippen MR) is 71.7 cm³/mol. The monoisotopic (exact) mass is 255 g/mol. The number of methoxy groups -OCH3 is 1. The maximum Gasteiger partial charge on any atom is 0.191 e. The highest BCUT2D eigenvalue weighted by Gasteiger charge is 2.33. The first-order valence-corrected chi connectivity index (χ1v) is 6.87. The van der Waals surface area contributed by atoms with Crippen LogP contribution in [0.5, 0.6) is 0 Å². The van der Waals surface area contributed by atoms with Crippen LogP contribution in [0.1, 0.15) is 32.6 Å². The van der Waals surface area contributed by atoms with Gasteiger partial charge in [-0.3, -0.25) is 4.99 Å². The molecule has 2 aliphatic rings. The molecule has 1 saturated heterocycles. The molecule has 104 valence electrons. The smallest absolute Gasteiger partial charge is 0.191 e.